The van der Waals surface area contributed by atoms with Crippen molar-refractivity contribution in [2.24, 2.45) is 0 Å². The number of carbonyl (C=O) groups is 1. The average Bonchev–Trinajstić information content (AvgIpc) is 2.86. The summed E-state index contributed by atoms with van der Waals surface area (Å²) >= 11 is 5.66. The number of halogens is 3. The molecule has 2 aromatic carbocycles. The molecular weight excluding hydrogens is 284 g/mol. The Bertz CT molecular complexity index is 826. The Balaban J connectivity index is 2.15. The second-order valence-electron chi connectivity index (χ2n) is 4.32. The highest BCUT2D eigenvalue weighted by Gasteiger charge is 2.17. The Morgan fingerprint density at radius 1 is 1.10 bits per heavy atom. The van der Waals surface area contributed by atoms with Gasteiger partial charge in [-0.15, -0.1) is 0 Å². The van der Waals surface area contributed by atoms with Crippen molar-refractivity contribution in [2.45, 2.75) is 0 Å². The third-order valence-electron chi connectivity index (χ3n) is 3.08. The molecule has 0 radical (unpaired) electrons. The summed E-state index contributed by atoms with van der Waals surface area (Å²) in [6.45, 7) is 0. The molecule has 20 heavy (non-hydrogen) atoms. The maximum Gasteiger partial charge on any atom is 0.195 e. The molecule has 3 aromatic rings. The molecule has 0 atom stereocenters. The lowest BCUT2D eigenvalue weighted by molar-refractivity contribution is 0.104. The van der Waals surface area contributed by atoms with Gasteiger partial charge in [0.25, 0.3) is 0 Å². The fourth-order valence-electron chi connectivity index (χ4n) is 2.11. The van der Waals surface area contributed by atoms with E-state index in [0.717, 1.165) is 6.07 Å². The highest BCUT2D eigenvalue weighted by Crippen LogP contribution is 2.25. The van der Waals surface area contributed by atoms with E-state index in [1.807, 2.05) is 0 Å². The summed E-state index contributed by atoms with van der Waals surface area (Å²) in [7, 11) is 0. The van der Waals surface area contributed by atoms with Gasteiger partial charge in [0.1, 0.15) is 11.6 Å². The lowest BCUT2D eigenvalue weighted by Gasteiger charge is -2.02. The Hall–Kier alpha value is -2.20. The zero-order valence-corrected chi connectivity index (χ0v) is 10.8. The van der Waals surface area contributed by atoms with Crippen LogP contribution in [0.2, 0.25) is 5.02 Å². The van der Waals surface area contributed by atoms with Crippen LogP contribution in [0.25, 0.3) is 10.9 Å². The van der Waals surface area contributed by atoms with E-state index < -0.39 is 17.4 Å². The zero-order valence-electron chi connectivity index (χ0n) is 10.1. The molecule has 1 heterocycles. The van der Waals surface area contributed by atoms with Gasteiger partial charge >= 0.3 is 0 Å². The van der Waals surface area contributed by atoms with E-state index in [1.165, 1.54) is 24.4 Å². The second kappa shape index (κ2) is 4.72. The van der Waals surface area contributed by atoms with Crippen LogP contribution in [0.5, 0.6) is 0 Å². The topological polar surface area (TPSA) is 32.9 Å². The van der Waals surface area contributed by atoms with Gasteiger partial charge < -0.3 is 4.98 Å². The molecule has 0 amide bonds. The normalized spacial score (nSPS) is 10.9. The minimum Gasteiger partial charge on any atom is -0.360 e. The van der Waals surface area contributed by atoms with E-state index in [0.29, 0.717) is 5.52 Å². The molecule has 0 saturated carbocycles. The predicted molar refractivity (Wildman–Crippen MR) is 73.1 cm³/mol. The highest BCUT2D eigenvalue weighted by atomic mass is 35.5. The smallest absolute Gasteiger partial charge is 0.195 e. The van der Waals surface area contributed by atoms with Crippen LogP contribution in [0.15, 0.2) is 42.6 Å². The van der Waals surface area contributed by atoms with E-state index in [-0.39, 0.29) is 21.5 Å². The summed E-state index contributed by atoms with van der Waals surface area (Å²) in [6.07, 6.45) is 1.44. The first-order valence-corrected chi connectivity index (χ1v) is 6.21. The number of aromatic nitrogens is 1. The first-order chi connectivity index (χ1) is 9.58. The summed E-state index contributed by atoms with van der Waals surface area (Å²) in [5, 5.41) is 0.0779. The van der Waals surface area contributed by atoms with Gasteiger partial charge in [-0.2, -0.15) is 0 Å². The van der Waals surface area contributed by atoms with E-state index in [4.69, 9.17) is 11.6 Å². The van der Waals surface area contributed by atoms with Gasteiger partial charge in [-0.3, -0.25) is 4.79 Å². The molecule has 0 aliphatic rings. The van der Waals surface area contributed by atoms with Crippen molar-refractivity contribution in [3.05, 3.63) is 70.4 Å². The van der Waals surface area contributed by atoms with E-state index >= 15 is 0 Å². The molecule has 1 N–H and O–H groups in total. The summed E-state index contributed by atoms with van der Waals surface area (Å²) in [4.78, 5) is 15.2. The SMILES string of the molecule is O=C(c1ccc(F)c(Cl)c1)c1c[nH]c2cccc(F)c12. The monoisotopic (exact) mass is 291 g/mol. The number of ketones is 1. The van der Waals surface area contributed by atoms with Crippen molar-refractivity contribution in [3.8, 4) is 0 Å². The lowest BCUT2D eigenvalue weighted by Crippen LogP contribution is -2.01. The fraction of sp³-hybridized carbons (Fsp3) is 0. The summed E-state index contributed by atoms with van der Waals surface area (Å²) in [5.41, 5.74) is 0.933. The number of benzene rings is 2. The fourth-order valence-corrected chi connectivity index (χ4v) is 2.29. The molecule has 0 unspecified atom stereocenters. The van der Waals surface area contributed by atoms with Gasteiger partial charge in [0.05, 0.1) is 10.6 Å². The number of carbonyl (C=O) groups excluding carboxylic acids is 1. The van der Waals surface area contributed by atoms with Gasteiger partial charge in [-0.1, -0.05) is 17.7 Å². The van der Waals surface area contributed by atoms with Crippen LogP contribution in [-0.4, -0.2) is 10.8 Å². The van der Waals surface area contributed by atoms with Crippen molar-refractivity contribution in [2.75, 3.05) is 0 Å². The van der Waals surface area contributed by atoms with E-state index in [9.17, 15) is 13.6 Å². The van der Waals surface area contributed by atoms with Crippen LogP contribution in [0, 0.1) is 11.6 Å². The quantitative estimate of drug-likeness (QED) is 0.700. The van der Waals surface area contributed by atoms with E-state index in [2.05, 4.69) is 4.98 Å². The molecule has 0 spiro atoms. The van der Waals surface area contributed by atoms with Gasteiger partial charge in [-0.05, 0) is 30.3 Å². The molecule has 0 saturated heterocycles. The molecule has 3 rings (SSSR count). The van der Waals surface area contributed by atoms with Gasteiger partial charge in [0, 0.05) is 22.7 Å². The maximum absolute atomic E-state index is 13.8. The largest absolute Gasteiger partial charge is 0.360 e. The van der Waals surface area contributed by atoms with Crippen molar-refractivity contribution < 1.29 is 13.6 Å². The molecular formula is C15H8ClF2NO. The third-order valence-corrected chi connectivity index (χ3v) is 3.37. The Morgan fingerprint density at radius 3 is 2.65 bits per heavy atom. The molecule has 5 heteroatoms. The number of hydrogen-bond acceptors (Lipinski definition) is 1. The zero-order chi connectivity index (χ0) is 14.3. The summed E-state index contributed by atoms with van der Waals surface area (Å²) < 4.78 is 27.0. The standard InChI is InChI=1S/C15H8ClF2NO/c16-10-6-8(4-5-11(10)17)15(20)9-7-19-13-3-1-2-12(18)14(9)13/h1-7,19H. The molecule has 0 aliphatic carbocycles. The number of aromatic amines is 1. The van der Waals surface area contributed by atoms with Crippen molar-refractivity contribution >= 4 is 28.3 Å². The molecule has 100 valence electrons. The van der Waals surface area contributed by atoms with Crippen LogP contribution < -0.4 is 0 Å². The molecule has 1 aromatic heterocycles. The number of fused-ring (bicyclic) bond motifs is 1. The van der Waals surface area contributed by atoms with E-state index in [1.54, 1.807) is 12.1 Å². The first kappa shape index (κ1) is 12.8. The number of H-pyrrole nitrogens is 1. The number of rotatable bonds is 2. The number of hydrogen-bond donors (Lipinski definition) is 1. The third kappa shape index (κ3) is 1.98. The maximum atomic E-state index is 13.8. The molecule has 0 bridgehead atoms. The Kier molecular flexibility index (Phi) is 3.03. The average molecular weight is 292 g/mol. The molecule has 2 nitrogen and oxygen atoms in total. The predicted octanol–water partition coefficient (Wildman–Crippen LogP) is 4.33. The van der Waals surface area contributed by atoms with Gasteiger partial charge in [-0.25, -0.2) is 8.78 Å². The highest BCUT2D eigenvalue weighted by molar-refractivity contribution is 6.31. The molecule has 0 aliphatic heterocycles. The first-order valence-electron chi connectivity index (χ1n) is 5.83. The van der Waals surface area contributed by atoms with Crippen LogP contribution in [0.3, 0.4) is 0 Å². The van der Waals surface area contributed by atoms with Crippen molar-refractivity contribution in [3.63, 3.8) is 0 Å². The minimum absolute atomic E-state index is 0.142. The summed E-state index contributed by atoms with van der Waals surface area (Å²) in [6, 6.07) is 8.18. The lowest BCUT2D eigenvalue weighted by atomic mass is 10.0. The minimum atomic E-state index is -0.603. The van der Waals surface area contributed by atoms with Crippen LogP contribution in [0.1, 0.15) is 15.9 Å². The van der Waals surface area contributed by atoms with Crippen molar-refractivity contribution in [1.82, 2.24) is 4.98 Å². The van der Waals surface area contributed by atoms with Crippen LogP contribution in [-0.2, 0) is 0 Å². The summed E-state index contributed by atoms with van der Waals surface area (Å²) in [5.74, 6) is -1.50. The van der Waals surface area contributed by atoms with Crippen molar-refractivity contribution in [1.29, 1.82) is 0 Å². The Morgan fingerprint density at radius 2 is 1.90 bits per heavy atom. The molecule has 0 fully saturated rings. The second-order valence-corrected chi connectivity index (χ2v) is 4.73. The van der Waals surface area contributed by atoms with Crippen LogP contribution in [0.4, 0.5) is 8.78 Å². The number of nitrogens with one attached hydrogen (secondary N) is 1. The van der Waals surface area contributed by atoms with Gasteiger partial charge in [0.15, 0.2) is 5.78 Å². The Labute approximate surface area is 118 Å². The van der Waals surface area contributed by atoms with Gasteiger partial charge in [0.2, 0.25) is 0 Å². The van der Waals surface area contributed by atoms with Crippen LogP contribution >= 0.6 is 11.6 Å².